The largest absolute Gasteiger partial charge is 0.131 e. The Morgan fingerprint density at radius 3 is 2.20 bits per heavy atom. The second-order valence-electron chi connectivity index (χ2n) is 2.76. The van der Waals surface area contributed by atoms with E-state index in [4.69, 9.17) is 0 Å². The van der Waals surface area contributed by atoms with E-state index < -0.39 is 0 Å². The van der Waals surface area contributed by atoms with E-state index in [0.717, 1.165) is 0 Å². The Bertz CT molecular complexity index is 110. The molecule has 0 fully saturated rings. The van der Waals surface area contributed by atoms with Crippen molar-refractivity contribution >= 4 is 11.8 Å². The molecule has 0 saturated heterocycles. The molecule has 0 amide bonds. The molecule has 0 saturated carbocycles. The van der Waals surface area contributed by atoms with Gasteiger partial charge < -0.3 is 0 Å². The summed E-state index contributed by atoms with van der Waals surface area (Å²) in [6.07, 6.45) is 2.65. The van der Waals surface area contributed by atoms with Gasteiger partial charge in [0, 0.05) is 0 Å². The van der Waals surface area contributed by atoms with Crippen LogP contribution in [0.4, 0.5) is 0 Å². The van der Waals surface area contributed by atoms with Crippen LogP contribution in [0.5, 0.6) is 0 Å². The third-order valence-electron chi connectivity index (χ3n) is 1.52. The topological polar surface area (TPSA) is 0 Å². The first-order chi connectivity index (χ1) is 4.68. The standard InChI is InChI=1S/C9H18S/c1-5-6-7-10-9(4)8(2)3/h5-7H2,1-4H3. The van der Waals surface area contributed by atoms with E-state index in [0.29, 0.717) is 0 Å². The van der Waals surface area contributed by atoms with E-state index in [1.807, 2.05) is 11.8 Å². The number of thioether (sulfide) groups is 1. The van der Waals surface area contributed by atoms with Crippen LogP contribution in [0.25, 0.3) is 0 Å². The van der Waals surface area contributed by atoms with Crippen LogP contribution in [-0.4, -0.2) is 5.75 Å². The summed E-state index contributed by atoms with van der Waals surface area (Å²) in [5.74, 6) is 1.29. The van der Waals surface area contributed by atoms with E-state index in [1.54, 1.807) is 0 Å². The highest BCUT2D eigenvalue weighted by atomic mass is 32.2. The predicted molar refractivity (Wildman–Crippen MR) is 51.4 cm³/mol. The van der Waals surface area contributed by atoms with Gasteiger partial charge in [-0.05, 0) is 37.9 Å². The fourth-order valence-corrected chi connectivity index (χ4v) is 1.54. The third kappa shape index (κ3) is 4.92. The quantitative estimate of drug-likeness (QED) is 0.560. The maximum Gasteiger partial charge on any atom is -0.00235 e. The van der Waals surface area contributed by atoms with E-state index in [9.17, 15) is 0 Å². The van der Waals surface area contributed by atoms with Crippen LogP contribution in [-0.2, 0) is 0 Å². The zero-order valence-electron chi connectivity index (χ0n) is 7.53. The van der Waals surface area contributed by atoms with Crippen LogP contribution >= 0.6 is 11.8 Å². The van der Waals surface area contributed by atoms with Crippen molar-refractivity contribution in [2.24, 2.45) is 0 Å². The number of allylic oxidation sites excluding steroid dienone is 2. The highest BCUT2D eigenvalue weighted by Crippen LogP contribution is 2.19. The zero-order valence-corrected chi connectivity index (χ0v) is 8.35. The van der Waals surface area contributed by atoms with E-state index in [1.165, 1.54) is 29.1 Å². The van der Waals surface area contributed by atoms with Gasteiger partial charge in [-0.25, -0.2) is 0 Å². The Morgan fingerprint density at radius 1 is 1.20 bits per heavy atom. The summed E-state index contributed by atoms with van der Waals surface area (Å²) in [5, 5.41) is 0. The van der Waals surface area contributed by atoms with Gasteiger partial charge in [0.05, 0.1) is 0 Å². The molecular formula is C9H18S. The van der Waals surface area contributed by atoms with Crippen molar-refractivity contribution in [3.05, 3.63) is 10.5 Å². The normalized spacial score (nSPS) is 9.60. The predicted octanol–water partition coefficient (Wildman–Crippen LogP) is 3.83. The molecule has 0 unspecified atom stereocenters. The molecule has 1 heteroatoms. The van der Waals surface area contributed by atoms with Crippen LogP contribution in [0.2, 0.25) is 0 Å². The lowest BCUT2D eigenvalue weighted by atomic mass is 10.3. The summed E-state index contributed by atoms with van der Waals surface area (Å²) >= 11 is 1.99. The summed E-state index contributed by atoms with van der Waals surface area (Å²) < 4.78 is 0. The summed E-state index contributed by atoms with van der Waals surface area (Å²) in [6, 6.07) is 0. The van der Waals surface area contributed by atoms with Crippen molar-refractivity contribution in [2.45, 2.75) is 40.5 Å². The van der Waals surface area contributed by atoms with Gasteiger partial charge >= 0.3 is 0 Å². The Kier molecular flexibility index (Phi) is 5.90. The SMILES string of the molecule is CCCCSC(C)=C(C)C. The monoisotopic (exact) mass is 158 g/mol. The minimum absolute atomic E-state index is 1.29. The van der Waals surface area contributed by atoms with Crippen molar-refractivity contribution in [1.29, 1.82) is 0 Å². The van der Waals surface area contributed by atoms with Gasteiger partial charge in [0.25, 0.3) is 0 Å². The van der Waals surface area contributed by atoms with Crippen LogP contribution in [0.15, 0.2) is 10.5 Å². The maximum absolute atomic E-state index is 2.23. The fraction of sp³-hybridized carbons (Fsp3) is 0.778. The van der Waals surface area contributed by atoms with Gasteiger partial charge in [-0.3, -0.25) is 0 Å². The lowest BCUT2D eigenvalue weighted by Gasteiger charge is -2.01. The van der Waals surface area contributed by atoms with Gasteiger partial charge in [0.1, 0.15) is 0 Å². The molecule has 0 aromatic rings. The number of hydrogen-bond acceptors (Lipinski definition) is 1. The zero-order chi connectivity index (χ0) is 7.98. The molecule has 0 nitrogen and oxygen atoms in total. The van der Waals surface area contributed by atoms with Crippen molar-refractivity contribution in [1.82, 2.24) is 0 Å². The molecule has 0 bridgehead atoms. The van der Waals surface area contributed by atoms with Crippen molar-refractivity contribution in [3.63, 3.8) is 0 Å². The summed E-state index contributed by atoms with van der Waals surface area (Å²) in [4.78, 5) is 1.49. The molecule has 0 rings (SSSR count). The smallest absolute Gasteiger partial charge is 0.00235 e. The summed E-state index contributed by atoms with van der Waals surface area (Å²) in [7, 11) is 0. The van der Waals surface area contributed by atoms with Gasteiger partial charge in [0.15, 0.2) is 0 Å². The van der Waals surface area contributed by atoms with Gasteiger partial charge in [-0.15, -0.1) is 11.8 Å². The average molecular weight is 158 g/mol. The van der Waals surface area contributed by atoms with Gasteiger partial charge in [0.2, 0.25) is 0 Å². The average Bonchev–Trinajstić information content (AvgIpc) is 1.88. The van der Waals surface area contributed by atoms with Crippen molar-refractivity contribution in [2.75, 3.05) is 5.75 Å². The Morgan fingerprint density at radius 2 is 1.80 bits per heavy atom. The molecule has 0 spiro atoms. The second-order valence-corrected chi connectivity index (χ2v) is 4.07. The molecular weight excluding hydrogens is 140 g/mol. The van der Waals surface area contributed by atoms with Crippen LogP contribution < -0.4 is 0 Å². The lowest BCUT2D eigenvalue weighted by molar-refractivity contribution is 0.897. The fourth-order valence-electron chi connectivity index (χ4n) is 0.514. The van der Waals surface area contributed by atoms with E-state index in [2.05, 4.69) is 27.7 Å². The third-order valence-corrected chi connectivity index (χ3v) is 2.85. The van der Waals surface area contributed by atoms with Crippen molar-refractivity contribution < 1.29 is 0 Å². The van der Waals surface area contributed by atoms with Crippen LogP contribution in [0.1, 0.15) is 40.5 Å². The van der Waals surface area contributed by atoms with Crippen LogP contribution in [0, 0.1) is 0 Å². The lowest BCUT2D eigenvalue weighted by Crippen LogP contribution is -1.79. The first-order valence-corrected chi connectivity index (χ1v) is 4.94. The molecule has 60 valence electrons. The van der Waals surface area contributed by atoms with Crippen molar-refractivity contribution in [3.8, 4) is 0 Å². The first-order valence-electron chi connectivity index (χ1n) is 3.95. The Hall–Kier alpha value is 0.0900. The highest BCUT2D eigenvalue weighted by Gasteiger charge is 1.91. The number of unbranched alkanes of at least 4 members (excludes halogenated alkanes) is 1. The van der Waals surface area contributed by atoms with Gasteiger partial charge in [-0.1, -0.05) is 18.9 Å². The molecule has 0 atom stereocenters. The van der Waals surface area contributed by atoms with E-state index >= 15 is 0 Å². The molecule has 0 N–H and O–H groups in total. The summed E-state index contributed by atoms with van der Waals surface area (Å²) in [6.45, 7) is 8.79. The molecule has 0 aliphatic rings. The molecule has 0 heterocycles. The van der Waals surface area contributed by atoms with Crippen LogP contribution in [0.3, 0.4) is 0 Å². The highest BCUT2D eigenvalue weighted by molar-refractivity contribution is 8.03. The molecule has 0 aliphatic heterocycles. The first kappa shape index (κ1) is 10.1. The molecule has 0 aromatic heterocycles. The summed E-state index contributed by atoms with van der Waals surface area (Å²) in [5.41, 5.74) is 1.46. The molecule has 0 aliphatic carbocycles. The molecule has 0 radical (unpaired) electrons. The van der Waals surface area contributed by atoms with E-state index in [-0.39, 0.29) is 0 Å². The Balaban J connectivity index is 3.40. The number of hydrogen-bond donors (Lipinski definition) is 0. The second kappa shape index (κ2) is 5.84. The van der Waals surface area contributed by atoms with Gasteiger partial charge in [-0.2, -0.15) is 0 Å². The molecule has 0 aromatic carbocycles. The maximum atomic E-state index is 2.23. The number of rotatable bonds is 4. The molecule has 10 heavy (non-hydrogen) atoms. The minimum atomic E-state index is 1.29. The minimum Gasteiger partial charge on any atom is -0.131 e. The Labute approximate surface area is 69.1 Å².